The molecule has 2 aliphatic rings. The van der Waals surface area contributed by atoms with Crippen LogP contribution < -0.4 is 5.32 Å². The van der Waals surface area contributed by atoms with E-state index in [1.165, 1.54) is 38.6 Å². The van der Waals surface area contributed by atoms with Crippen molar-refractivity contribution in [2.75, 3.05) is 19.6 Å². The Morgan fingerprint density at radius 2 is 2.00 bits per heavy atom. The molecule has 0 unspecified atom stereocenters. The predicted octanol–water partition coefficient (Wildman–Crippen LogP) is 2.09. The molecule has 2 fully saturated rings. The van der Waals surface area contributed by atoms with Crippen LogP contribution in [0.4, 0.5) is 5.69 Å². The van der Waals surface area contributed by atoms with Crippen molar-refractivity contribution in [1.82, 2.24) is 20.4 Å². The lowest BCUT2D eigenvalue weighted by Crippen LogP contribution is -2.46. The van der Waals surface area contributed by atoms with Gasteiger partial charge in [0.25, 0.3) is 5.91 Å². The zero-order valence-corrected chi connectivity index (χ0v) is 13.9. The lowest BCUT2D eigenvalue weighted by molar-refractivity contribution is -0.385. The number of H-pyrrole nitrogens is 1. The molecule has 8 nitrogen and oxygen atoms in total. The van der Waals surface area contributed by atoms with Gasteiger partial charge in [0, 0.05) is 25.7 Å². The fraction of sp³-hybridized carbons (Fsp3) is 0.750. The van der Waals surface area contributed by atoms with Crippen molar-refractivity contribution in [2.45, 2.75) is 51.0 Å². The van der Waals surface area contributed by atoms with Crippen LogP contribution in [-0.2, 0) is 0 Å². The minimum absolute atomic E-state index is 0.0652. The second kappa shape index (κ2) is 7.74. The molecule has 1 saturated carbocycles. The van der Waals surface area contributed by atoms with E-state index in [0.717, 1.165) is 38.0 Å². The highest BCUT2D eigenvalue weighted by atomic mass is 16.6. The third-order valence-electron chi connectivity index (χ3n) is 5.21. The fourth-order valence-corrected chi connectivity index (χ4v) is 3.84. The molecule has 2 N–H and O–H groups in total. The smallest absolute Gasteiger partial charge is 0.319 e. The zero-order chi connectivity index (χ0) is 16.9. The number of aromatic nitrogens is 2. The van der Waals surface area contributed by atoms with E-state index in [0.29, 0.717) is 0 Å². The maximum atomic E-state index is 12.2. The first-order chi connectivity index (χ1) is 11.6. The van der Waals surface area contributed by atoms with Crippen LogP contribution in [0, 0.1) is 16.0 Å². The van der Waals surface area contributed by atoms with E-state index in [1.807, 2.05) is 0 Å². The number of aromatic amines is 1. The normalized spacial score (nSPS) is 20.8. The Bertz CT molecular complexity index is 574. The second-order valence-electron chi connectivity index (χ2n) is 6.94. The molecule has 0 radical (unpaired) electrons. The predicted molar refractivity (Wildman–Crippen MR) is 88.7 cm³/mol. The molecule has 132 valence electrons. The van der Waals surface area contributed by atoms with Gasteiger partial charge in [-0.3, -0.25) is 20.0 Å². The fourth-order valence-electron chi connectivity index (χ4n) is 3.84. The van der Waals surface area contributed by atoms with Crippen LogP contribution in [0.2, 0.25) is 0 Å². The summed E-state index contributed by atoms with van der Waals surface area (Å²) in [7, 11) is 0. The van der Waals surface area contributed by atoms with Gasteiger partial charge in [-0.25, -0.2) is 0 Å². The number of hydrogen-bond acceptors (Lipinski definition) is 5. The Morgan fingerprint density at radius 1 is 1.29 bits per heavy atom. The molecule has 1 aliphatic heterocycles. The molecule has 1 aromatic heterocycles. The third kappa shape index (κ3) is 4.11. The van der Waals surface area contributed by atoms with Crippen molar-refractivity contribution in [3.63, 3.8) is 0 Å². The summed E-state index contributed by atoms with van der Waals surface area (Å²) in [5.74, 6) is 0.391. The number of piperidine rings is 1. The summed E-state index contributed by atoms with van der Waals surface area (Å²) in [6.45, 7) is 3.13. The lowest BCUT2D eigenvalue weighted by Gasteiger charge is -2.35. The Labute approximate surface area is 141 Å². The van der Waals surface area contributed by atoms with Gasteiger partial charge in [-0.1, -0.05) is 19.3 Å². The van der Waals surface area contributed by atoms with E-state index < -0.39 is 10.8 Å². The molecule has 1 saturated heterocycles. The van der Waals surface area contributed by atoms with Crippen molar-refractivity contribution < 1.29 is 9.72 Å². The van der Waals surface area contributed by atoms with E-state index in [4.69, 9.17) is 0 Å². The van der Waals surface area contributed by atoms with Crippen molar-refractivity contribution in [3.05, 3.63) is 22.0 Å². The first-order valence-corrected chi connectivity index (χ1v) is 8.84. The lowest BCUT2D eigenvalue weighted by atomic mass is 9.88. The zero-order valence-electron chi connectivity index (χ0n) is 13.9. The van der Waals surface area contributed by atoms with Crippen LogP contribution in [0.1, 0.15) is 55.4 Å². The summed E-state index contributed by atoms with van der Waals surface area (Å²) in [5, 5.41) is 19.8. The molecule has 0 spiro atoms. The number of nitro groups is 1. The molecule has 1 aromatic rings. The number of hydrogen-bond donors (Lipinski definition) is 2. The summed E-state index contributed by atoms with van der Waals surface area (Å²) < 4.78 is 0. The Balaban J connectivity index is 1.45. The largest absolute Gasteiger partial charge is 0.348 e. The number of nitrogens with zero attached hydrogens (tertiary/aromatic N) is 3. The molecule has 2 heterocycles. The molecule has 0 aromatic carbocycles. The Morgan fingerprint density at radius 3 is 2.67 bits per heavy atom. The van der Waals surface area contributed by atoms with Gasteiger partial charge in [0.1, 0.15) is 6.20 Å². The van der Waals surface area contributed by atoms with Crippen molar-refractivity contribution in [1.29, 1.82) is 0 Å². The van der Waals surface area contributed by atoms with Crippen LogP contribution in [0.5, 0.6) is 0 Å². The number of likely N-dealkylation sites (tertiary alicyclic amines) is 1. The summed E-state index contributed by atoms with van der Waals surface area (Å²) in [6.07, 6.45) is 9.65. The van der Waals surface area contributed by atoms with Gasteiger partial charge in [-0.05, 0) is 31.6 Å². The molecular formula is C16H25N5O3. The minimum atomic E-state index is -0.592. The minimum Gasteiger partial charge on any atom is -0.348 e. The van der Waals surface area contributed by atoms with Crippen LogP contribution in [0.3, 0.4) is 0 Å². The molecule has 1 amide bonds. The van der Waals surface area contributed by atoms with Gasteiger partial charge >= 0.3 is 5.69 Å². The first kappa shape index (κ1) is 16.9. The average molecular weight is 335 g/mol. The average Bonchev–Trinajstić information content (AvgIpc) is 3.08. The van der Waals surface area contributed by atoms with Crippen LogP contribution in [0.25, 0.3) is 0 Å². The van der Waals surface area contributed by atoms with E-state index >= 15 is 0 Å². The number of carbonyl (C=O) groups excluding carboxylic acids is 1. The number of rotatable bonds is 5. The Hall–Kier alpha value is -1.96. The molecule has 24 heavy (non-hydrogen) atoms. The van der Waals surface area contributed by atoms with Crippen molar-refractivity contribution in [2.24, 2.45) is 5.92 Å². The van der Waals surface area contributed by atoms with E-state index in [1.54, 1.807) is 0 Å². The Kier molecular flexibility index (Phi) is 5.44. The molecule has 0 atom stereocenters. The van der Waals surface area contributed by atoms with E-state index in [2.05, 4.69) is 20.4 Å². The van der Waals surface area contributed by atoms with Crippen LogP contribution in [-0.4, -0.2) is 51.6 Å². The molecule has 3 rings (SSSR count). The third-order valence-corrected chi connectivity index (χ3v) is 5.21. The molecule has 8 heteroatoms. The van der Waals surface area contributed by atoms with Gasteiger partial charge in [0.2, 0.25) is 5.69 Å². The molecule has 0 bridgehead atoms. The summed E-state index contributed by atoms with van der Waals surface area (Å²) in [5.41, 5.74) is -0.341. The van der Waals surface area contributed by atoms with Crippen LogP contribution >= 0.6 is 0 Å². The van der Waals surface area contributed by atoms with E-state index in [9.17, 15) is 14.9 Å². The highest BCUT2D eigenvalue weighted by molar-refractivity contribution is 5.96. The molecule has 1 aliphatic carbocycles. The maximum absolute atomic E-state index is 12.2. The number of carbonyl (C=O) groups is 1. The maximum Gasteiger partial charge on any atom is 0.319 e. The van der Waals surface area contributed by atoms with Gasteiger partial charge in [0.05, 0.1) is 4.92 Å². The topological polar surface area (TPSA) is 104 Å². The number of amides is 1. The standard InChI is InChI=1S/C16H25N5O3/c22-16(15-14(21(23)24)10-17-19-15)18-13-6-8-20(9-7-13)11-12-4-2-1-3-5-12/h10,12-13H,1-9,11H2,(H,17,19)(H,18,22). The highest BCUT2D eigenvalue weighted by Crippen LogP contribution is 2.25. The van der Waals surface area contributed by atoms with Crippen molar-refractivity contribution >= 4 is 11.6 Å². The van der Waals surface area contributed by atoms with Gasteiger partial charge in [-0.15, -0.1) is 0 Å². The molecular weight excluding hydrogens is 310 g/mol. The van der Waals surface area contributed by atoms with Gasteiger partial charge in [0.15, 0.2) is 0 Å². The summed E-state index contributed by atoms with van der Waals surface area (Å²) in [4.78, 5) is 25.0. The van der Waals surface area contributed by atoms with Gasteiger partial charge in [-0.2, -0.15) is 5.10 Å². The van der Waals surface area contributed by atoms with Crippen LogP contribution in [0.15, 0.2) is 6.20 Å². The summed E-state index contributed by atoms with van der Waals surface area (Å²) >= 11 is 0. The quantitative estimate of drug-likeness (QED) is 0.633. The summed E-state index contributed by atoms with van der Waals surface area (Å²) in [6, 6.07) is 0.0722. The van der Waals surface area contributed by atoms with Crippen molar-refractivity contribution in [3.8, 4) is 0 Å². The first-order valence-electron chi connectivity index (χ1n) is 8.84. The highest BCUT2D eigenvalue weighted by Gasteiger charge is 2.27. The number of nitrogens with one attached hydrogen (secondary N) is 2. The van der Waals surface area contributed by atoms with Gasteiger partial charge < -0.3 is 10.2 Å². The monoisotopic (exact) mass is 335 g/mol. The SMILES string of the molecule is O=C(NC1CCN(CC2CCCCC2)CC1)c1[nH]ncc1[N+](=O)[O-]. The van der Waals surface area contributed by atoms with E-state index in [-0.39, 0.29) is 17.4 Å². The second-order valence-corrected chi connectivity index (χ2v) is 6.94.